The van der Waals surface area contributed by atoms with Crippen LogP contribution in [0.3, 0.4) is 0 Å². The van der Waals surface area contributed by atoms with E-state index >= 15 is 0 Å². The molecule has 1 fully saturated rings. The molecule has 1 saturated carbocycles. The summed E-state index contributed by atoms with van der Waals surface area (Å²) < 4.78 is 42.5. The molecule has 0 radical (unpaired) electrons. The Morgan fingerprint density at radius 1 is 1.23 bits per heavy atom. The Balaban J connectivity index is 2.79. The van der Waals surface area contributed by atoms with E-state index in [0.29, 0.717) is 12.3 Å². The van der Waals surface area contributed by atoms with Crippen LogP contribution in [0.15, 0.2) is 0 Å². The van der Waals surface area contributed by atoms with Gasteiger partial charge in [-0.1, -0.05) is 12.8 Å². The van der Waals surface area contributed by atoms with E-state index in [4.69, 9.17) is 9.84 Å². The van der Waals surface area contributed by atoms with Crippen molar-refractivity contribution in [1.82, 2.24) is 0 Å². The summed E-state index contributed by atoms with van der Waals surface area (Å²) in [7, 11) is 0. The van der Waals surface area contributed by atoms with Crippen LogP contribution in [-0.4, -0.2) is 34.7 Å². The predicted octanol–water partition coefficient (Wildman–Crippen LogP) is 3.58. The van der Waals surface area contributed by atoms with Gasteiger partial charge in [-0.3, -0.25) is 9.59 Å². The molecule has 0 bridgehead atoms. The molecule has 7 heteroatoms. The zero-order chi connectivity index (χ0) is 17.1. The highest BCUT2D eigenvalue weighted by molar-refractivity contribution is 6.00. The second-order valence-corrected chi connectivity index (χ2v) is 6.84. The van der Waals surface area contributed by atoms with Gasteiger partial charge in [0.05, 0.1) is 5.60 Å². The number of carbonyl (C=O) groups is 2. The number of hydrogen-bond donors (Lipinski definition) is 1. The van der Waals surface area contributed by atoms with Crippen LogP contribution in [0.2, 0.25) is 0 Å². The maximum absolute atomic E-state index is 12.4. The second-order valence-electron chi connectivity index (χ2n) is 6.84. The van der Waals surface area contributed by atoms with Crippen LogP contribution in [-0.2, 0) is 14.3 Å². The third-order valence-electron chi connectivity index (χ3n) is 3.42. The van der Waals surface area contributed by atoms with Crippen molar-refractivity contribution >= 4 is 11.8 Å². The summed E-state index contributed by atoms with van der Waals surface area (Å²) in [4.78, 5) is 23.6. The maximum Gasteiger partial charge on any atom is 0.389 e. The molecule has 0 aromatic rings. The van der Waals surface area contributed by atoms with Gasteiger partial charge in [-0.25, -0.2) is 0 Å². The minimum atomic E-state index is -4.48. The molecule has 0 spiro atoms. The molecule has 1 aliphatic carbocycles. The lowest BCUT2D eigenvalue weighted by Gasteiger charge is -2.28. The van der Waals surface area contributed by atoms with E-state index in [-0.39, 0.29) is 0 Å². The molecule has 128 valence electrons. The summed E-state index contributed by atoms with van der Waals surface area (Å²) in [5.74, 6) is -3.65. The Morgan fingerprint density at radius 2 is 1.77 bits per heavy atom. The summed E-state index contributed by atoms with van der Waals surface area (Å²) in [6.45, 7) is 5.18. The van der Waals surface area contributed by atoms with Gasteiger partial charge in [-0.15, -0.1) is 0 Å². The number of carboxylic acid groups (broad SMARTS) is 1. The molecule has 0 heterocycles. The van der Waals surface area contributed by atoms with Crippen molar-refractivity contribution in [1.29, 1.82) is 0 Å². The molecule has 2 atom stereocenters. The van der Waals surface area contributed by atoms with Gasteiger partial charge >= 0.3 is 12.1 Å². The lowest BCUT2D eigenvalue weighted by Crippen LogP contribution is -2.40. The van der Waals surface area contributed by atoms with Gasteiger partial charge in [-0.2, -0.15) is 13.2 Å². The van der Waals surface area contributed by atoms with Gasteiger partial charge in [0.1, 0.15) is 12.0 Å². The fourth-order valence-corrected chi connectivity index (χ4v) is 2.23. The quantitative estimate of drug-likeness (QED) is 0.693. The van der Waals surface area contributed by atoms with E-state index in [2.05, 4.69) is 0 Å². The van der Waals surface area contributed by atoms with Gasteiger partial charge < -0.3 is 9.84 Å². The van der Waals surface area contributed by atoms with E-state index in [0.717, 1.165) is 12.8 Å². The average Bonchev–Trinajstić information content (AvgIpc) is 3.08. The lowest BCUT2D eigenvalue weighted by atomic mass is 9.92. The number of ether oxygens (including phenoxy) is 1. The fourth-order valence-electron chi connectivity index (χ4n) is 2.23. The van der Waals surface area contributed by atoms with Crippen LogP contribution < -0.4 is 0 Å². The number of hydrogen-bond acceptors (Lipinski definition) is 3. The van der Waals surface area contributed by atoms with Crippen molar-refractivity contribution in [2.45, 2.75) is 70.8 Å². The Morgan fingerprint density at radius 3 is 2.14 bits per heavy atom. The van der Waals surface area contributed by atoms with Gasteiger partial charge in [0.15, 0.2) is 5.78 Å². The highest BCUT2D eigenvalue weighted by Gasteiger charge is 2.40. The zero-order valence-corrected chi connectivity index (χ0v) is 13.1. The molecule has 4 nitrogen and oxygen atoms in total. The van der Waals surface area contributed by atoms with Crippen molar-refractivity contribution < 1.29 is 32.6 Å². The Labute approximate surface area is 128 Å². The number of rotatable bonds is 8. The summed E-state index contributed by atoms with van der Waals surface area (Å²) >= 11 is 0. The van der Waals surface area contributed by atoms with Crippen LogP contribution >= 0.6 is 0 Å². The predicted molar refractivity (Wildman–Crippen MR) is 73.4 cm³/mol. The highest BCUT2D eigenvalue weighted by atomic mass is 19.4. The summed E-state index contributed by atoms with van der Waals surface area (Å²) in [6.07, 6.45) is -5.21. The first-order valence-corrected chi connectivity index (χ1v) is 7.40. The third kappa shape index (κ3) is 7.24. The molecule has 0 saturated heterocycles. The molecule has 22 heavy (non-hydrogen) atoms. The standard InChI is InChI=1S/C15H23F3O4/c1-14(2,3)22-11(8-9-4-5-9)12(19)10(13(20)21)6-7-15(16,17)18/h9-11H,4-8H2,1-3H3,(H,20,21)/t10-,11-/m1/s1. The third-order valence-corrected chi connectivity index (χ3v) is 3.42. The first-order chi connectivity index (χ1) is 9.89. The SMILES string of the molecule is CC(C)(C)O[C@H](CC1CC1)C(=O)[C@@H](CCC(F)(F)F)C(=O)O. The lowest BCUT2D eigenvalue weighted by molar-refractivity contribution is -0.161. The van der Waals surface area contributed by atoms with Crippen molar-refractivity contribution in [3.05, 3.63) is 0 Å². The number of aliphatic carboxylic acids is 1. The highest BCUT2D eigenvalue weighted by Crippen LogP contribution is 2.36. The van der Waals surface area contributed by atoms with Crippen LogP contribution in [0.25, 0.3) is 0 Å². The molecular weight excluding hydrogens is 301 g/mol. The number of carbonyl (C=O) groups excluding carboxylic acids is 1. The number of halogens is 3. The molecule has 1 aliphatic rings. The number of ketones is 1. The maximum atomic E-state index is 12.4. The second kappa shape index (κ2) is 6.98. The number of alkyl halides is 3. The summed E-state index contributed by atoms with van der Waals surface area (Å²) in [5, 5.41) is 9.09. The molecule has 1 rings (SSSR count). The van der Waals surface area contributed by atoms with Gasteiger partial charge in [0.25, 0.3) is 0 Å². The molecule has 0 aromatic carbocycles. The van der Waals surface area contributed by atoms with Crippen molar-refractivity contribution in [3.63, 3.8) is 0 Å². The fraction of sp³-hybridized carbons (Fsp3) is 0.867. The smallest absolute Gasteiger partial charge is 0.389 e. The van der Waals surface area contributed by atoms with Gasteiger partial charge in [0, 0.05) is 6.42 Å². The first-order valence-electron chi connectivity index (χ1n) is 7.40. The zero-order valence-electron chi connectivity index (χ0n) is 13.1. The van der Waals surface area contributed by atoms with E-state index in [1.807, 2.05) is 0 Å². The topological polar surface area (TPSA) is 63.6 Å². The number of Topliss-reactive ketones (excluding diaryl/α,β-unsaturated/α-hetero) is 1. The van der Waals surface area contributed by atoms with Crippen molar-refractivity contribution in [2.75, 3.05) is 0 Å². The van der Waals surface area contributed by atoms with E-state index in [1.54, 1.807) is 20.8 Å². The van der Waals surface area contributed by atoms with Crippen LogP contribution in [0, 0.1) is 11.8 Å². The Kier molecular flexibility index (Phi) is 6.01. The van der Waals surface area contributed by atoms with Crippen LogP contribution in [0.5, 0.6) is 0 Å². The van der Waals surface area contributed by atoms with Gasteiger partial charge in [0.2, 0.25) is 0 Å². The largest absolute Gasteiger partial charge is 0.481 e. The average molecular weight is 324 g/mol. The monoisotopic (exact) mass is 324 g/mol. The van der Waals surface area contributed by atoms with Crippen molar-refractivity contribution in [3.8, 4) is 0 Å². The Hall–Kier alpha value is -1.11. The van der Waals surface area contributed by atoms with E-state index in [1.165, 1.54) is 0 Å². The Bertz CT molecular complexity index is 408. The van der Waals surface area contributed by atoms with E-state index in [9.17, 15) is 22.8 Å². The molecule has 0 unspecified atom stereocenters. The minimum absolute atomic E-state index is 0.299. The van der Waals surface area contributed by atoms with E-state index < -0.39 is 48.4 Å². The molecular formula is C15H23F3O4. The molecule has 1 N–H and O–H groups in total. The molecule has 0 aliphatic heterocycles. The van der Waals surface area contributed by atoms with Gasteiger partial charge in [-0.05, 0) is 39.5 Å². The summed E-state index contributed by atoms with van der Waals surface area (Å²) in [5.41, 5.74) is -0.664. The minimum Gasteiger partial charge on any atom is -0.481 e. The number of carboxylic acids is 1. The molecule has 0 aromatic heterocycles. The van der Waals surface area contributed by atoms with Crippen LogP contribution in [0.4, 0.5) is 13.2 Å². The summed E-state index contributed by atoms with van der Waals surface area (Å²) in [6, 6.07) is 0. The van der Waals surface area contributed by atoms with Crippen molar-refractivity contribution in [2.24, 2.45) is 11.8 Å². The normalized spacial score (nSPS) is 18.8. The first kappa shape index (κ1) is 18.9. The van der Waals surface area contributed by atoms with Crippen LogP contribution in [0.1, 0.15) is 52.9 Å². The molecule has 0 amide bonds.